The molecule has 5 nitrogen and oxygen atoms in total. The van der Waals surface area contributed by atoms with Crippen molar-refractivity contribution in [2.45, 2.75) is 13.5 Å². The lowest BCUT2D eigenvalue weighted by Crippen LogP contribution is -2.26. The van der Waals surface area contributed by atoms with Gasteiger partial charge in [-0.15, -0.1) is 0 Å². The monoisotopic (exact) mass is 268 g/mol. The Hall–Kier alpha value is -2.61. The lowest BCUT2D eigenvalue weighted by atomic mass is 10.0. The fourth-order valence-electron chi connectivity index (χ4n) is 1.86. The van der Waals surface area contributed by atoms with Gasteiger partial charge < -0.3 is 4.90 Å². The summed E-state index contributed by atoms with van der Waals surface area (Å²) in [6.07, 6.45) is 3.47. The van der Waals surface area contributed by atoms with Crippen molar-refractivity contribution in [2.75, 3.05) is 14.1 Å². The topological polar surface area (TPSA) is 61.9 Å². The first-order chi connectivity index (χ1) is 9.51. The van der Waals surface area contributed by atoms with E-state index in [2.05, 4.69) is 11.2 Å². The lowest BCUT2D eigenvalue weighted by Gasteiger charge is -2.09. The van der Waals surface area contributed by atoms with Crippen LogP contribution in [0.15, 0.2) is 30.6 Å². The molecule has 0 N–H and O–H groups in total. The van der Waals surface area contributed by atoms with Gasteiger partial charge in [0.25, 0.3) is 0 Å². The number of hydrogen-bond acceptors (Lipinski definition) is 3. The number of aromatic nitrogens is 2. The highest BCUT2D eigenvalue weighted by Gasteiger charge is 2.10. The van der Waals surface area contributed by atoms with E-state index in [1.165, 1.54) is 4.90 Å². The standard InChI is InChI=1S/C15H16N4O/c1-11-4-5-12(7-16)14(6-11)13-8-17-19(9-13)10-15(20)18(2)3/h4-6,8-9H,10H2,1-3H3. The minimum Gasteiger partial charge on any atom is -0.347 e. The molecule has 2 rings (SSSR count). The summed E-state index contributed by atoms with van der Waals surface area (Å²) in [6.45, 7) is 2.17. The molecule has 0 spiro atoms. The number of amides is 1. The van der Waals surface area contributed by atoms with Gasteiger partial charge in [0.1, 0.15) is 6.54 Å². The predicted molar refractivity (Wildman–Crippen MR) is 75.8 cm³/mol. The summed E-state index contributed by atoms with van der Waals surface area (Å²) in [5, 5.41) is 13.3. The van der Waals surface area contributed by atoms with Crippen LogP contribution in [0.2, 0.25) is 0 Å². The molecule has 5 heteroatoms. The highest BCUT2D eigenvalue weighted by Crippen LogP contribution is 2.24. The van der Waals surface area contributed by atoms with Crippen molar-refractivity contribution in [2.24, 2.45) is 0 Å². The van der Waals surface area contributed by atoms with Crippen molar-refractivity contribution < 1.29 is 4.79 Å². The van der Waals surface area contributed by atoms with Crippen LogP contribution in [0, 0.1) is 18.3 Å². The smallest absolute Gasteiger partial charge is 0.243 e. The van der Waals surface area contributed by atoms with Gasteiger partial charge in [-0.05, 0) is 19.1 Å². The van der Waals surface area contributed by atoms with Crippen LogP contribution in [0.3, 0.4) is 0 Å². The molecule has 0 saturated heterocycles. The molecule has 1 aromatic heterocycles. The first-order valence-electron chi connectivity index (χ1n) is 6.25. The Balaban J connectivity index is 2.32. The van der Waals surface area contributed by atoms with Crippen molar-refractivity contribution in [3.8, 4) is 17.2 Å². The molecule has 0 radical (unpaired) electrons. The van der Waals surface area contributed by atoms with E-state index in [-0.39, 0.29) is 12.5 Å². The van der Waals surface area contributed by atoms with Gasteiger partial charge in [-0.3, -0.25) is 9.48 Å². The van der Waals surface area contributed by atoms with Crippen molar-refractivity contribution in [3.05, 3.63) is 41.7 Å². The van der Waals surface area contributed by atoms with E-state index < -0.39 is 0 Å². The number of benzene rings is 1. The minimum absolute atomic E-state index is 0.0237. The molecule has 0 aliphatic rings. The molecule has 1 amide bonds. The van der Waals surface area contributed by atoms with E-state index in [1.807, 2.05) is 19.1 Å². The maximum Gasteiger partial charge on any atom is 0.243 e. The molecular formula is C15H16N4O. The Morgan fingerprint density at radius 2 is 2.20 bits per heavy atom. The van der Waals surface area contributed by atoms with Crippen LogP contribution in [0.5, 0.6) is 0 Å². The van der Waals surface area contributed by atoms with Gasteiger partial charge in [0.05, 0.1) is 17.8 Å². The van der Waals surface area contributed by atoms with Gasteiger partial charge in [-0.2, -0.15) is 10.4 Å². The van der Waals surface area contributed by atoms with E-state index in [9.17, 15) is 4.79 Å². The van der Waals surface area contributed by atoms with Crippen molar-refractivity contribution in [3.63, 3.8) is 0 Å². The van der Waals surface area contributed by atoms with E-state index in [1.54, 1.807) is 37.2 Å². The molecule has 2 aromatic rings. The van der Waals surface area contributed by atoms with E-state index in [4.69, 9.17) is 5.26 Å². The van der Waals surface area contributed by atoms with Gasteiger partial charge in [0.15, 0.2) is 0 Å². The number of rotatable bonds is 3. The number of hydrogen-bond donors (Lipinski definition) is 0. The Morgan fingerprint density at radius 1 is 1.45 bits per heavy atom. The second kappa shape index (κ2) is 5.57. The fraction of sp³-hybridized carbons (Fsp3) is 0.267. The lowest BCUT2D eigenvalue weighted by molar-refractivity contribution is -0.129. The molecule has 1 heterocycles. The summed E-state index contributed by atoms with van der Waals surface area (Å²) in [5.41, 5.74) is 3.37. The van der Waals surface area contributed by atoms with Crippen LogP contribution in [-0.4, -0.2) is 34.7 Å². The zero-order valence-corrected chi connectivity index (χ0v) is 11.8. The second-order valence-corrected chi connectivity index (χ2v) is 4.88. The van der Waals surface area contributed by atoms with E-state index in [0.29, 0.717) is 5.56 Å². The summed E-state index contributed by atoms with van der Waals surface area (Å²) in [5.74, 6) is -0.0237. The molecule has 0 aliphatic carbocycles. The maximum atomic E-state index is 11.6. The predicted octanol–water partition coefficient (Wildman–Crippen LogP) is 1.82. The molecule has 0 aliphatic heterocycles. The quantitative estimate of drug-likeness (QED) is 0.853. The third-order valence-electron chi connectivity index (χ3n) is 3.04. The van der Waals surface area contributed by atoms with Gasteiger partial charge in [0.2, 0.25) is 5.91 Å². The molecule has 0 unspecified atom stereocenters. The van der Waals surface area contributed by atoms with Crippen LogP contribution in [0.25, 0.3) is 11.1 Å². The fourth-order valence-corrected chi connectivity index (χ4v) is 1.86. The van der Waals surface area contributed by atoms with Crippen molar-refractivity contribution >= 4 is 5.91 Å². The van der Waals surface area contributed by atoms with Gasteiger partial charge in [0, 0.05) is 31.4 Å². The zero-order valence-electron chi connectivity index (χ0n) is 11.8. The molecule has 0 bridgehead atoms. The SMILES string of the molecule is Cc1ccc(C#N)c(-c2cnn(CC(=O)N(C)C)c2)c1. The van der Waals surface area contributed by atoms with Crippen LogP contribution >= 0.6 is 0 Å². The molecule has 0 saturated carbocycles. The van der Waals surface area contributed by atoms with Crippen LogP contribution in [0.4, 0.5) is 0 Å². The van der Waals surface area contributed by atoms with Gasteiger partial charge in [-0.1, -0.05) is 11.6 Å². The molecule has 0 atom stereocenters. The summed E-state index contributed by atoms with van der Waals surface area (Å²) in [7, 11) is 3.42. The number of nitrogens with zero attached hydrogens (tertiary/aromatic N) is 4. The number of aryl methyl sites for hydroxylation is 1. The Bertz CT molecular complexity index is 679. The zero-order chi connectivity index (χ0) is 14.7. The summed E-state index contributed by atoms with van der Waals surface area (Å²) < 4.78 is 1.58. The third kappa shape index (κ3) is 2.86. The number of likely N-dealkylation sites (N-methyl/N-ethyl adjacent to an activating group) is 1. The highest BCUT2D eigenvalue weighted by molar-refractivity contribution is 5.75. The second-order valence-electron chi connectivity index (χ2n) is 4.88. The van der Waals surface area contributed by atoms with E-state index in [0.717, 1.165) is 16.7 Å². The van der Waals surface area contributed by atoms with E-state index >= 15 is 0 Å². The van der Waals surface area contributed by atoms with Crippen molar-refractivity contribution in [1.29, 1.82) is 5.26 Å². The molecular weight excluding hydrogens is 252 g/mol. The molecule has 20 heavy (non-hydrogen) atoms. The number of nitriles is 1. The van der Waals surface area contributed by atoms with Crippen LogP contribution in [-0.2, 0) is 11.3 Å². The van der Waals surface area contributed by atoms with Gasteiger partial charge in [-0.25, -0.2) is 0 Å². The first-order valence-corrected chi connectivity index (χ1v) is 6.25. The first kappa shape index (κ1) is 13.8. The number of carbonyl (C=O) groups is 1. The molecule has 0 fully saturated rings. The normalized spacial score (nSPS) is 10.1. The van der Waals surface area contributed by atoms with Crippen LogP contribution in [0.1, 0.15) is 11.1 Å². The Kier molecular flexibility index (Phi) is 3.85. The largest absolute Gasteiger partial charge is 0.347 e. The highest BCUT2D eigenvalue weighted by atomic mass is 16.2. The minimum atomic E-state index is -0.0237. The average molecular weight is 268 g/mol. The van der Waals surface area contributed by atoms with Gasteiger partial charge >= 0.3 is 0 Å². The Labute approximate surface area is 118 Å². The average Bonchev–Trinajstić information content (AvgIpc) is 2.87. The molecule has 1 aromatic carbocycles. The third-order valence-corrected chi connectivity index (χ3v) is 3.04. The molecule has 102 valence electrons. The van der Waals surface area contributed by atoms with Crippen molar-refractivity contribution in [1.82, 2.24) is 14.7 Å². The summed E-state index contributed by atoms with van der Waals surface area (Å²) >= 11 is 0. The van der Waals surface area contributed by atoms with Crippen LogP contribution < -0.4 is 0 Å². The summed E-state index contributed by atoms with van der Waals surface area (Å²) in [4.78, 5) is 13.2. The Morgan fingerprint density at radius 3 is 2.85 bits per heavy atom. The summed E-state index contributed by atoms with van der Waals surface area (Å²) in [6, 6.07) is 7.83. The number of carbonyl (C=O) groups excluding carboxylic acids is 1. The maximum absolute atomic E-state index is 11.6.